The Balaban J connectivity index is 1.86. The van der Waals surface area contributed by atoms with Crippen LogP contribution in [0.5, 0.6) is 0 Å². The number of aromatic nitrogens is 3. The van der Waals surface area contributed by atoms with E-state index in [2.05, 4.69) is 20.6 Å². The molecule has 2 aromatic rings. The standard InChI is InChI=1S/C16H16Cl2N6O2/c17-8-6-9(22-13-10(18)12(19)20-7-21-13)15(26)24-11(8)14(25)23-16(24)4-2-1-3-5-16/h6-7H,1-5H2,(H,23,25)(H3,19,20,21,22). The highest BCUT2D eigenvalue weighted by atomic mass is 35.5. The van der Waals surface area contributed by atoms with Gasteiger partial charge in [0.2, 0.25) is 0 Å². The number of rotatable bonds is 2. The molecule has 0 unspecified atom stereocenters. The van der Waals surface area contributed by atoms with Gasteiger partial charge in [0.15, 0.2) is 5.82 Å². The first-order valence-electron chi connectivity index (χ1n) is 8.24. The van der Waals surface area contributed by atoms with Gasteiger partial charge in [-0.25, -0.2) is 9.97 Å². The Morgan fingerprint density at radius 2 is 1.92 bits per heavy atom. The number of pyridine rings is 1. The summed E-state index contributed by atoms with van der Waals surface area (Å²) in [5.41, 5.74) is 4.95. The van der Waals surface area contributed by atoms with E-state index in [1.54, 1.807) is 0 Å². The van der Waals surface area contributed by atoms with E-state index in [0.717, 1.165) is 19.3 Å². The fraction of sp³-hybridized carbons (Fsp3) is 0.375. The number of hydrogen-bond acceptors (Lipinski definition) is 6. The molecule has 1 spiro atoms. The van der Waals surface area contributed by atoms with Crippen molar-refractivity contribution in [3.63, 3.8) is 0 Å². The Bertz CT molecular complexity index is 968. The van der Waals surface area contributed by atoms with Gasteiger partial charge < -0.3 is 16.4 Å². The molecule has 10 heteroatoms. The zero-order chi connectivity index (χ0) is 18.5. The maximum atomic E-state index is 13.2. The first-order valence-corrected chi connectivity index (χ1v) is 9.00. The molecular weight excluding hydrogens is 379 g/mol. The average molecular weight is 395 g/mol. The molecule has 26 heavy (non-hydrogen) atoms. The van der Waals surface area contributed by atoms with Gasteiger partial charge in [0, 0.05) is 0 Å². The van der Waals surface area contributed by atoms with Gasteiger partial charge >= 0.3 is 0 Å². The molecule has 136 valence electrons. The quantitative estimate of drug-likeness (QED) is 0.720. The lowest BCUT2D eigenvalue weighted by atomic mass is 9.89. The van der Waals surface area contributed by atoms with Crippen LogP contribution in [0.25, 0.3) is 0 Å². The van der Waals surface area contributed by atoms with Crippen molar-refractivity contribution in [1.29, 1.82) is 0 Å². The van der Waals surface area contributed by atoms with Crippen molar-refractivity contribution in [1.82, 2.24) is 19.9 Å². The van der Waals surface area contributed by atoms with E-state index in [1.165, 1.54) is 17.0 Å². The first-order chi connectivity index (χ1) is 12.4. The summed E-state index contributed by atoms with van der Waals surface area (Å²) in [6.07, 6.45) is 5.54. The number of nitrogens with one attached hydrogen (secondary N) is 2. The van der Waals surface area contributed by atoms with Crippen LogP contribution < -0.4 is 21.9 Å². The van der Waals surface area contributed by atoms with Gasteiger partial charge in [-0.15, -0.1) is 0 Å². The SMILES string of the molecule is Nc1ncnc(Nc2cc(Cl)c3n(c2=O)C2(CCCCC2)NC3=O)c1Cl. The number of nitrogen functional groups attached to an aromatic ring is 1. The van der Waals surface area contributed by atoms with Crippen LogP contribution in [0.4, 0.5) is 17.3 Å². The summed E-state index contributed by atoms with van der Waals surface area (Å²) in [6.45, 7) is 0. The summed E-state index contributed by atoms with van der Waals surface area (Å²) in [7, 11) is 0. The third-order valence-electron chi connectivity index (χ3n) is 4.89. The summed E-state index contributed by atoms with van der Waals surface area (Å²) in [5.74, 6) is -0.0372. The summed E-state index contributed by atoms with van der Waals surface area (Å²) in [5, 5.41) is 6.13. The minimum Gasteiger partial charge on any atom is -0.382 e. The average Bonchev–Trinajstić information content (AvgIpc) is 2.89. The Kier molecular flexibility index (Phi) is 4.04. The topological polar surface area (TPSA) is 115 Å². The normalized spacial score (nSPS) is 17.8. The molecule has 1 fully saturated rings. The number of hydrogen-bond donors (Lipinski definition) is 3. The highest BCUT2D eigenvalue weighted by molar-refractivity contribution is 6.35. The molecule has 1 amide bonds. The van der Waals surface area contributed by atoms with Crippen LogP contribution >= 0.6 is 23.2 Å². The second-order valence-electron chi connectivity index (χ2n) is 6.49. The number of carbonyl (C=O) groups excluding carboxylic acids is 1. The van der Waals surface area contributed by atoms with E-state index in [4.69, 9.17) is 28.9 Å². The molecule has 0 bridgehead atoms. The van der Waals surface area contributed by atoms with E-state index in [-0.39, 0.29) is 44.5 Å². The van der Waals surface area contributed by atoms with E-state index >= 15 is 0 Å². The largest absolute Gasteiger partial charge is 0.382 e. The number of nitrogens with two attached hydrogens (primary N) is 1. The maximum absolute atomic E-state index is 13.2. The van der Waals surface area contributed by atoms with Crippen molar-refractivity contribution in [3.8, 4) is 0 Å². The van der Waals surface area contributed by atoms with Crippen LogP contribution in [-0.2, 0) is 5.66 Å². The minimum absolute atomic E-state index is 0.0946. The molecule has 1 aliphatic heterocycles. The summed E-state index contributed by atoms with van der Waals surface area (Å²) in [4.78, 5) is 33.4. The lowest BCUT2D eigenvalue weighted by Gasteiger charge is -2.35. The Labute approximate surface area is 158 Å². The smallest absolute Gasteiger partial charge is 0.276 e. The van der Waals surface area contributed by atoms with Crippen molar-refractivity contribution >= 4 is 46.4 Å². The number of anilines is 3. The van der Waals surface area contributed by atoms with Crippen LogP contribution in [0, 0.1) is 0 Å². The van der Waals surface area contributed by atoms with Gasteiger partial charge in [0.1, 0.15) is 34.2 Å². The molecule has 0 saturated heterocycles. The maximum Gasteiger partial charge on any atom is 0.276 e. The van der Waals surface area contributed by atoms with Gasteiger partial charge in [-0.05, 0) is 31.7 Å². The lowest BCUT2D eigenvalue weighted by molar-refractivity contribution is 0.0877. The Morgan fingerprint density at radius 3 is 2.65 bits per heavy atom. The van der Waals surface area contributed by atoms with Crippen LogP contribution in [0.3, 0.4) is 0 Å². The monoisotopic (exact) mass is 394 g/mol. The van der Waals surface area contributed by atoms with Crippen molar-refractivity contribution in [2.24, 2.45) is 0 Å². The zero-order valence-electron chi connectivity index (χ0n) is 13.7. The molecule has 2 aromatic heterocycles. The van der Waals surface area contributed by atoms with Gasteiger partial charge in [-0.3, -0.25) is 14.2 Å². The number of nitrogens with zero attached hydrogens (tertiary/aromatic N) is 3. The predicted octanol–water partition coefficient (Wildman–Crippen LogP) is 2.63. The molecule has 0 aromatic carbocycles. The number of amides is 1. The predicted molar refractivity (Wildman–Crippen MR) is 99.0 cm³/mol. The molecule has 0 atom stereocenters. The van der Waals surface area contributed by atoms with Gasteiger partial charge in [-0.1, -0.05) is 29.6 Å². The molecule has 1 saturated carbocycles. The van der Waals surface area contributed by atoms with E-state index < -0.39 is 5.66 Å². The number of fused-ring (bicyclic) bond motifs is 2. The molecule has 8 nitrogen and oxygen atoms in total. The van der Waals surface area contributed by atoms with E-state index in [9.17, 15) is 9.59 Å². The summed E-state index contributed by atoms with van der Waals surface area (Å²) in [6, 6.07) is 1.41. The molecule has 4 rings (SSSR count). The minimum atomic E-state index is -0.725. The van der Waals surface area contributed by atoms with E-state index in [1.807, 2.05) is 0 Å². The molecule has 0 radical (unpaired) electrons. The Morgan fingerprint density at radius 1 is 1.19 bits per heavy atom. The molecule has 1 aliphatic carbocycles. The highest BCUT2D eigenvalue weighted by Gasteiger charge is 2.45. The van der Waals surface area contributed by atoms with Crippen molar-refractivity contribution < 1.29 is 4.79 Å². The molecule has 4 N–H and O–H groups in total. The lowest BCUT2D eigenvalue weighted by Crippen LogP contribution is -2.48. The number of carbonyl (C=O) groups is 1. The fourth-order valence-corrected chi connectivity index (χ4v) is 4.13. The van der Waals surface area contributed by atoms with Gasteiger partial charge in [-0.2, -0.15) is 0 Å². The third kappa shape index (κ3) is 2.52. The van der Waals surface area contributed by atoms with Crippen molar-refractivity contribution in [3.05, 3.63) is 38.5 Å². The number of halogens is 2. The molecule has 3 heterocycles. The first kappa shape index (κ1) is 17.1. The van der Waals surface area contributed by atoms with Gasteiger partial charge in [0.05, 0.1) is 5.02 Å². The Hall–Kier alpha value is -2.32. The third-order valence-corrected chi connectivity index (χ3v) is 5.55. The van der Waals surface area contributed by atoms with Crippen LogP contribution in [0.1, 0.15) is 42.6 Å². The van der Waals surface area contributed by atoms with Crippen LogP contribution in [0.2, 0.25) is 10.0 Å². The van der Waals surface area contributed by atoms with Crippen LogP contribution in [-0.4, -0.2) is 20.4 Å². The second kappa shape index (κ2) is 6.14. The van der Waals surface area contributed by atoms with Crippen molar-refractivity contribution in [2.45, 2.75) is 37.8 Å². The van der Waals surface area contributed by atoms with E-state index in [0.29, 0.717) is 12.8 Å². The summed E-state index contributed by atoms with van der Waals surface area (Å²) >= 11 is 12.4. The fourth-order valence-electron chi connectivity index (χ4n) is 3.70. The second-order valence-corrected chi connectivity index (χ2v) is 7.27. The van der Waals surface area contributed by atoms with Crippen LogP contribution in [0.15, 0.2) is 17.2 Å². The molecular formula is C16H16Cl2N6O2. The zero-order valence-corrected chi connectivity index (χ0v) is 15.2. The highest BCUT2D eigenvalue weighted by Crippen LogP contribution is 2.38. The molecule has 2 aliphatic rings. The van der Waals surface area contributed by atoms with Gasteiger partial charge in [0.25, 0.3) is 11.5 Å². The summed E-state index contributed by atoms with van der Waals surface area (Å²) < 4.78 is 1.48. The van der Waals surface area contributed by atoms with Crippen molar-refractivity contribution in [2.75, 3.05) is 11.1 Å².